The molecule has 0 saturated heterocycles. The van der Waals surface area contributed by atoms with Crippen LogP contribution in [-0.4, -0.2) is 27.2 Å². The number of aromatic hydroxyl groups is 1. The number of rotatable bonds is 3. The number of hydrogen-bond acceptors (Lipinski definition) is 4. The molecule has 6 heteroatoms. The van der Waals surface area contributed by atoms with Crippen LogP contribution in [0.25, 0.3) is 22.0 Å². The van der Waals surface area contributed by atoms with Crippen molar-refractivity contribution in [3.05, 3.63) is 47.9 Å². The lowest BCUT2D eigenvalue weighted by Crippen LogP contribution is -2.06. The molecular weight excluding hydrogens is 328 g/mol. The smallest absolute Gasteiger partial charge is 0.340 e. The van der Waals surface area contributed by atoms with Crippen molar-refractivity contribution >= 4 is 29.3 Å². The zero-order valence-electron chi connectivity index (χ0n) is 13.7. The Kier molecular flexibility index (Phi) is 5.14. The Bertz CT molecular complexity index is 888. The van der Waals surface area contributed by atoms with Crippen LogP contribution in [-0.2, 0) is 11.8 Å². The molecule has 0 fully saturated rings. The lowest BCUT2D eigenvalue weighted by molar-refractivity contribution is 0.0527. The molecular formula is C18H19ClN2O3. The minimum Gasteiger partial charge on any atom is -0.507 e. The molecule has 0 unspecified atom stereocenters. The molecule has 0 aliphatic heterocycles. The van der Waals surface area contributed by atoms with E-state index in [-0.39, 0.29) is 24.1 Å². The molecule has 126 valence electrons. The molecule has 2 aromatic heterocycles. The fourth-order valence-electron chi connectivity index (χ4n) is 2.81. The minimum absolute atomic E-state index is 0. The Morgan fingerprint density at radius 1 is 1.38 bits per heavy atom. The number of fused-ring (bicyclic) bond motifs is 1. The van der Waals surface area contributed by atoms with Crippen LogP contribution in [0.2, 0.25) is 0 Å². The van der Waals surface area contributed by atoms with Gasteiger partial charge in [0.05, 0.1) is 12.2 Å². The summed E-state index contributed by atoms with van der Waals surface area (Å²) >= 11 is 0. The Labute approximate surface area is 146 Å². The number of halogens is 1. The molecule has 0 saturated carbocycles. The third kappa shape index (κ3) is 2.83. The van der Waals surface area contributed by atoms with Gasteiger partial charge in [-0.2, -0.15) is 0 Å². The molecule has 1 N–H and O–H groups in total. The molecule has 24 heavy (non-hydrogen) atoms. The number of phenolic OH excluding ortho intramolecular Hbond substituents is 1. The average Bonchev–Trinajstić information content (AvgIpc) is 2.78. The molecule has 3 rings (SSSR count). The van der Waals surface area contributed by atoms with Gasteiger partial charge in [-0.25, -0.2) is 4.79 Å². The van der Waals surface area contributed by atoms with Gasteiger partial charge in [0.25, 0.3) is 0 Å². The highest BCUT2D eigenvalue weighted by molar-refractivity contribution is 6.07. The number of aryl methyl sites for hydroxylation is 1. The SMILES string of the molecule is CCOC(=O)c1c(C)n(C)c2cc(-c3cccnc3)c(O)cc12.Cl. The second-order valence-electron chi connectivity index (χ2n) is 5.37. The van der Waals surface area contributed by atoms with Crippen LogP contribution in [0.4, 0.5) is 0 Å². The number of nitrogens with zero attached hydrogens (tertiary/aromatic N) is 2. The molecule has 3 aromatic rings. The van der Waals surface area contributed by atoms with E-state index in [1.165, 1.54) is 0 Å². The molecule has 0 radical (unpaired) electrons. The summed E-state index contributed by atoms with van der Waals surface area (Å²) in [6, 6.07) is 7.20. The maximum absolute atomic E-state index is 12.2. The van der Waals surface area contributed by atoms with Gasteiger partial charge in [0.15, 0.2) is 0 Å². The average molecular weight is 347 g/mol. The van der Waals surface area contributed by atoms with E-state index in [9.17, 15) is 9.90 Å². The Hall–Kier alpha value is -2.53. The van der Waals surface area contributed by atoms with E-state index in [4.69, 9.17) is 4.74 Å². The summed E-state index contributed by atoms with van der Waals surface area (Å²) in [5.74, 6) is -0.259. The maximum Gasteiger partial charge on any atom is 0.340 e. The van der Waals surface area contributed by atoms with Crippen molar-refractivity contribution in [3.8, 4) is 16.9 Å². The predicted molar refractivity (Wildman–Crippen MR) is 95.8 cm³/mol. The van der Waals surface area contributed by atoms with Crippen molar-refractivity contribution in [1.29, 1.82) is 0 Å². The molecule has 0 bridgehead atoms. The number of esters is 1. The van der Waals surface area contributed by atoms with E-state index in [1.807, 2.05) is 36.7 Å². The van der Waals surface area contributed by atoms with E-state index in [2.05, 4.69) is 4.98 Å². The van der Waals surface area contributed by atoms with Crippen LogP contribution in [0.5, 0.6) is 5.75 Å². The normalized spacial score (nSPS) is 10.5. The first kappa shape index (κ1) is 17.8. The number of phenols is 1. The van der Waals surface area contributed by atoms with Crippen LogP contribution >= 0.6 is 12.4 Å². The quantitative estimate of drug-likeness (QED) is 0.731. The number of benzene rings is 1. The van der Waals surface area contributed by atoms with Crippen LogP contribution in [0.3, 0.4) is 0 Å². The second-order valence-corrected chi connectivity index (χ2v) is 5.37. The zero-order valence-corrected chi connectivity index (χ0v) is 14.6. The number of aromatic nitrogens is 2. The summed E-state index contributed by atoms with van der Waals surface area (Å²) in [6.07, 6.45) is 3.38. The van der Waals surface area contributed by atoms with Crippen molar-refractivity contribution in [2.75, 3.05) is 6.61 Å². The van der Waals surface area contributed by atoms with Gasteiger partial charge >= 0.3 is 5.97 Å². The predicted octanol–water partition coefficient (Wildman–Crippen LogP) is 3.85. The standard InChI is InChI=1S/C18H18N2O3.ClH/c1-4-23-18(22)17-11(2)20(3)15-8-13(16(21)9-14(15)17)12-6-5-7-19-10-12;/h5-10,21H,4H2,1-3H3;1H. The molecule has 0 atom stereocenters. The lowest BCUT2D eigenvalue weighted by atomic mass is 10.0. The Morgan fingerprint density at radius 3 is 2.75 bits per heavy atom. The number of pyridine rings is 1. The Morgan fingerprint density at radius 2 is 2.12 bits per heavy atom. The van der Waals surface area contributed by atoms with Gasteiger partial charge in [0, 0.05) is 47.2 Å². The zero-order chi connectivity index (χ0) is 16.6. The third-order valence-corrected chi connectivity index (χ3v) is 4.06. The summed E-state index contributed by atoms with van der Waals surface area (Å²) in [4.78, 5) is 16.3. The topological polar surface area (TPSA) is 64.4 Å². The summed E-state index contributed by atoms with van der Waals surface area (Å²) in [5.41, 5.74) is 3.67. The number of carbonyl (C=O) groups is 1. The summed E-state index contributed by atoms with van der Waals surface area (Å²) in [6.45, 7) is 3.96. The van der Waals surface area contributed by atoms with E-state index in [0.717, 1.165) is 16.8 Å². The van der Waals surface area contributed by atoms with Crippen LogP contribution in [0, 0.1) is 6.92 Å². The largest absolute Gasteiger partial charge is 0.507 e. The first-order valence-electron chi connectivity index (χ1n) is 7.44. The highest BCUT2D eigenvalue weighted by Crippen LogP contribution is 2.36. The second kappa shape index (κ2) is 6.93. The molecule has 0 aliphatic carbocycles. The first-order valence-corrected chi connectivity index (χ1v) is 7.44. The fraction of sp³-hybridized carbons (Fsp3) is 0.222. The van der Waals surface area contributed by atoms with Gasteiger partial charge in [0.2, 0.25) is 0 Å². The highest BCUT2D eigenvalue weighted by atomic mass is 35.5. The minimum atomic E-state index is -0.371. The summed E-state index contributed by atoms with van der Waals surface area (Å²) < 4.78 is 7.07. The molecule has 2 heterocycles. The van der Waals surface area contributed by atoms with E-state index in [0.29, 0.717) is 23.1 Å². The lowest BCUT2D eigenvalue weighted by Gasteiger charge is -2.06. The molecule has 5 nitrogen and oxygen atoms in total. The van der Waals surface area contributed by atoms with Crippen molar-refractivity contribution < 1.29 is 14.6 Å². The number of hydrogen-bond donors (Lipinski definition) is 1. The number of carbonyl (C=O) groups excluding carboxylic acids is 1. The Balaban J connectivity index is 0.00000208. The number of ether oxygens (including phenoxy) is 1. The van der Waals surface area contributed by atoms with Crippen molar-refractivity contribution in [2.24, 2.45) is 7.05 Å². The molecule has 0 aliphatic rings. The van der Waals surface area contributed by atoms with Gasteiger partial charge in [-0.15, -0.1) is 12.4 Å². The van der Waals surface area contributed by atoms with E-state index >= 15 is 0 Å². The monoisotopic (exact) mass is 346 g/mol. The van der Waals surface area contributed by atoms with Crippen molar-refractivity contribution in [1.82, 2.24) is 9.55 Å². The summed E-state index contributed by atoms with van der Waals surface area (Å²) in [7, 11) is 1.89. The molecule has 0 spiro atoms. The van der Waals surface area contributed by atoms with Crippen LogP contribution in [0.15, 0.2) is 36.7 Å². The van der Waals surface area contributed by atoms with Crippen LogP contribution < -0.4 is 0 Å². The fourth-order valence-corrected chi connectivity index (χ4v) is 2.81. The van der Waals surface area contributed by atoms with Gasteiger partial charge in [-0.3, -0.25) is 4.98 Å². The van der Waals surface area contributed by atoms with Crippen molar-refractivity contribution in [2.45, 2.75) is 13.8 Å². The first-order chi connectivity index (χ1) is 11.0. The maximum atomic E-state index is 12.2. The van der Waals surface area contributed by atoms with Gasteiger partial charge < -0.3 is 14.4 Å². The highest BCUT2D eigenvalue weighted by Gasteiger charge is 2.21. The van der Waals surface area contributed by atoms with Gasteiger partial charge in [-0.05, 0) is 32.0 Å². The van der Waals surface area contributed by atoms with Crippen molar-refractivity contribution in [3.63, 3.8) is 0 Å². The van der Waals surface area contributed by atoms with Gasteiger partial charge in [-0.1, -0.05) is 6.07 Å². The molecule has 0 amide bonds. The van der Waals surface area contributed by atoms with Gasteiger partial charge in [0.1, 0.15) is 5.75 Å². The molecule has 1 aromatic carbocycles. The van der Waals surface area contributed by atoms with E-state index in [1.54, 1.807) is 25.4 Å². The van der Waals surface area contributed by atoms with E-state index < -0.39 is 0 Å². The van der Waals surface area contributed by atoms with Crippen LogP contribution in [0.1, 0.15) is 23.0 Å². The third-order valence-electron chi connectivity index (χ3n) is 4.06. The summed E-state index contributed by atoms with van der Waals surface area (Å²) in [5, 5.41) is 11.1.